The van der Waals surface area contributed by atoms with Gasteiger partial charge in [0.2, 0.25) is 5.91 Å². The number of carbonyl (C=O) groups excluding carboxylic acids is 1. The fourth-order valence-corrected chi connectivity index (χ4v) is 2.87. The second-order valence-electron chi connectivity index (χ2n) is 5.78. The molecule has 1 saturated heterocycles. The lowest BCUT2D eigenvalue weighted by Crippen LogP contribution is -2.41. The SMILES string of the molecule is Cc1cccc(N2CCCC(C(=O)Nc3ccccc3)C2)n1. The smallest absolute Gasteiger partial charge is 0.229 e. The number of para-hydroxylation sites is 1. The number of amides is 1. The minimum atomic E-state index is 0.0104. The first-order valence-electron chi connectivity index (χ1n) is 7.77. The van der Waals surface area contributed by atoms with Crippen LogP contribution in [-0.4, -0.2) is 24.0 Å². The molecule has 4 nitrogen and oxygen atoms in total. The highest BCUT2D eigenvalue weighted by Crippen LogP contribution is 2.23. The van der Waals surface area contributed by atoms with Crippen LogP contribution in [0.1, 0.15) is 18.5 Å². The Kier molecular flexibility index (Phi) is 4.37. The van der Waals surface area contributed by atoms with Crippen LogP contribution in [0.3, 0.4) is 0 Å². The monoisotopic (exact) mass is 295 g/mol. The standard InChI is InChI=1S/C18H21N3O/c1-14-7-5-11-17(19-14)21-12-6-8-15(13-21)18(22)20-16-9-3-2-4-10-16/h2-5,7,9-11,15H,6,8,12-13H2,1H3,(H,20,22). The molecular formula is C18H21N3O. The third-order valence-electron chi connectivity index (χ3n) is 4.03. The van der Waals surface area contributed by atoms with Crippen molar-refractivity contribution in [1.29, 1.82) is 0 Å². The molecule has 3 rings (SSSR count). The van der Waals surface area contributed by atoms with Crippen molar-refractivity contribution in [3.05, 3.63) is 54.2 Å². The first kappa shape index (κ1) is 14.6. The van der Waals surface area contributed by atoms with Crippen LogP contribution in [0.4, 0.5) is 11.5 Å². The van der Waals surface area contributed by atoms with Crippen LogP contribution < -0.4 is 10.2 Å². The second kappa shape index (κ2) is 6.60. The molecule has 0 bridgehead atoms. The van der Waals surface area contributed by atoms with E-state index in [1.54, 1.807) is 0 Å². The number of aryl methyl sites for hydroxylation is 1. The molecule has 0 spiro atoms. The van der Waals surface area contributed by atoms with Crippen LogP contribution in [0.25, 0.3) is 0 Å². The van der Waals surface area contributed by atoms with E-state index >= 15 is 0 Å². The zero-order valence-electron chi connectivity index (χ0n) is 12.8. The average Bonchev–Trinajstić information content (AvgIpc) is 2.56. The van der Waals surface area contributed by atoms with Crippen LogP contribution in [0.2, 0.25) is 0 Å². The van der Waals surface area contributed by atoms with Crippen molar-refractivity contribution < 1.29 is 4.79 Å². The van der Waals surface area contributed by atoms with Crippen molar-refractivity contribution in [2.75, 3.05) is 23.3 Å². The van der Waals surface area contributed by atoms with Gasteiger partial charge in [-0.3, -0.25) is 4.79 Å². The zero-order valence-corrected chi connectivity index (χ0v) is 12.8. The van der Waals surface area contributed by atoms with E-state index in [2.05, 4.69) is 15.2 Å². The van der Waals surface area contributed by atoms with Gasteiger partial charge in [-0.2, -0.15) is 0 Å². The summed E-state index contributed by atoms with van der Waals surface area (Å²) in [5.74, 6) is 1.08. The van der Waals surface area contributed by atoms with E-state index in [4.69, 9.17) is 0 Å². The molecule has 22 heavy (non-hydrogen) atoms. The van der Waals surface area contributed by atoms with E-state index in [-0.39, 0.29) is 11.8 Å². The molecule has 1 atom stereocenters. The van der Waals surface area contributed by atoms with Gasteiger partial charge in [0.05, 0.1) is 5.92 Å². The summed E-state index contributed by atoms with van der Waals surface area (Å²) >= 11 is 0. The van der Waals surface area contributed by atoms with E-state index in [1.165, 1.54) is 0 Å². The van der Waals surface area contributed by atoms with Gasteiger partial charge in [0, 0.05) is 24.5 Å². The largest absolute Gasteiger partial charge is 0.356 e. The topological polar surface area (TPSA) is 45.2 Å². The summed E-state index contributed by atoms with van der Waals surface area (Å²) in [6.07, 6.45) is 1.95. The molecule has 2 heterocycles. The van der Waals surface area contributed by atoms with Gasteiger partial charge >= 0.3 is 0 Å². The van der Waals surface area contributed by atoms with Gasteiger partial charge in [-0.05, 0) is 44.0 Å². The Morgan fingerprint density at radius 3 is 2.77 bits per heavy atom. The van der Waals surface area contributed by atoms with Gasteiger partial charge < -0.3 is 10.2 Å². The molecule has 1 fully saturated rings. The van der Waals surface area contributed by atoms with E-state index in [1.807, 2.05) is 55.5 Å². The van der Waals surface area contributed by atoms with Crippen LogP contribution in [-0.2, 0) is 4.79 Å². The lowest BCUT2D eigenvalue weighted by Gasteiger charge is -2.33. The molecular weight excluding hydrogens is 274 g/mol. The molecule has 1 aliphatic heterocycles. The Hall–Kier alpha value is -2.36. The number of rotatable bonds is 3. The number of pyridine rings is 1. The van der Waals surface area contributed by atoms with E-state index in [9.17, 15) is 4.79 Å². The van der Waals surface area contributed by atoms with Gasteiger partial charge in [0.1, 0.15) is 5.82 Å². The highest BCUT2D eigenvalue weighted by Gasteiger charge is 2.26. The van der Waals surface area contributed by atoms with Gasteiger partial charge in [-0.15, -0.1) is 0 Å². The zero-order chi connectivity index (χ0) is 15.4. The Morgan fingerprint density at radius 2 is 2.00 bits per heavy atom. The molecule has 1 amide bonds. The summed E-state index contributed by atoms with van der Waals surface area (Å²) in [5.41, 5.74) is 1.87. The number of hydrogen-bond donors (Lipinski definition) is 1. The number of carbonyl (C=O) groups is 1. The van der Waals surface area contributed by atoms with Crippen LogP contribution in [0.5, 0.6) is 0 Å². The number of nitrogens with zero attached hydrogens (tertiary/aromatic N) is 2. The molecule has 1 aromatic carbocycles. The number of nitrogens with one attached hydrogen (secondary N) is 1. The van der Waals surface area contributed by atoms with Gasteiger partial charge in [-0.1, -0.05) is 24.3 Å². The quantitative estimate of drug-likeness (QED) is 0.945. The average molecular weight is 295 g/mol. The first-order valence-corrected chi connectivity index (χ1v) is 7.77. The van der Waals surface area contributed by atoms with Crippen LogP contribution in [0.15, 0.2) is 48.5 Å². The third kappa shape index (κ3) is 3.45. The molecule has 4 heteroatoms. The molecule has 1 aromatic heterocycles. The third-order valence-corrected chi connectivity index (χ3v) is 4.03. The maximum atomic E-state index is 12.5. The molecule has 1 aliphatic rings. The normalized spacial score (nSPS) is 18.0. The number of benzene rings is 1. The van der Waals surface area contributed by atoms with Crippen molar-refractivity contribution in [2.45, 2.75) is 19.8 Å². The Labute approximate surface area is 131 Å². The molecule has 0 aliphatic carbocycles. The van der Waals surface area contributed by atoms with E-state index in [0.29, 0.717) is 0 Å². The Bertz CT molecular complexity index is 642. The van der Waals surface area contributed by atoms with Crippen molar-refractivity contribution in [1.82, 2.24) is 4.98 Å². The molecule has 114 valence electrons. The Morgan fingerprint density at radius 1 is 1.18 bits per heavy atom. The maximum absolute atomic E-state index is 12.5. The molecule has 2 aromatic rings. The van der Waals surface area contributed by atoms with Gasteiger partial charge in [0.15, 0.2) is 0 Å². The summed E-state index contributed by atoms with van der Waals surface area (Å²) in [7, 11) is 0. The van der Waals surface area contributed by atoms with Crippen LogP contribution >= 0.6 is 0 Å². The van der Waals surface area contributed by atoms with Crippen LogP contribution in [0, 0.1) is 12.8 Å². The van der Waals surface area contributed by atoms with E-state index in [0.717, 1.165) is 43.1 Å². The summed E-state index contributed by atoms with van der Waals surface area (Å²) in [6, 6.07) is 15.7. The molecule has 1 unspecified atom stereocenters. The fourth-order valence-electron chi connectivity index (χ4n) is 2.87. The lowest BCUT2D eigenvalue weighted by atomic mass is 9.97. The van der Waals surface area contributed by atoms with Crippen molar-refractivity contribution >= 4 is 17.4 Å². The minimum absolute atomic E-state index is 0.0104. The highest BCUT2D eigenvalue weighted by molar-refractivity contribution is 5.93. The summed E-state index contributed by atoms with van der Waals surface area (Å²) < 4.78 is 0. The number of aromatic nitrogens is 1. The van der Waals surface area contributed by atoms with Crippen molar-refractivity contribution in [3.8, 4) is 0 Å². The predicted octanol–water partition coefficient (Wildman–Crippen LogP) is 3.25. The molecule has 1 N–H and O–H groups in total. The summed E-state index contributed by atoms with van der Waals surface area (Å²) in [6.45, 7) is 3.69. The van der Waals surface area contributed by atoms with E-state index < -0.39 is 0 Å². The van der Waals surface area contributed by atoms with Gasteiger partial charge in [0.25, 0.3) is 0 Å². The number of hydrogen-bond acceptors (Lipinski definition) is 3. The van der Waals surface area contributed by atoms with Crippen molar-refractivity contribution in [3.63, 3.8) is 0 Å². The number of piperidine rings is 1. The predicted molar refractivity (Wildman–Crippen MR) is 89.0 cm³/mol. The molecule has 0 saturated carbocycles. The second-order valence-corrected chi connectivity index (χ2v) is 5.78. The summed E-state index contributed by atoms with van der Waals surface area (Å²) in [4.78, 5) is 19.2. The first-order chi connectivity index (χ1) is 10.7. The number of anilines is 2. The fraction of sp³-hybridized carbons (Fsp3) is 0.333. The minimum Gasteiger partial charge on any atom is -0.356 e. The maximum Gasteiger partial charge on any atom is 0.229 e. The van der Waals surface area contributed by atoms with Crippen molar-refractivity contribution in [2.24, 2.45) is 5.92 Å². The highest BCUT2D eigenvalue weighted by atomic mass is 16.1. The van der Waals surface area contributed by atoms with Gasteiger partial charge in [-0.25, -0.2) is 4.98 Å². The lowest BCUT2D eigenvalue weighted by molar-refractivity contribution is -0.120. The Balaban J connectivity index is 1.66. The molecule has 0 radical (unpaired) electrons. The summed E-state index contributed by atoms with van der Waals surface area (Å²) in [5, 5.41) is 3.01.